The number of carbonyl (C=O) groups excluding carboxylic acids is 3. The van der Waals surface area contributed by atoms with Gasteiger partial charge in [-0.25, -0.2) is 5.43 Å². The van der Waals surface area contributed by atoms with E-state index in [1.54, 1.807) is 55.5 Å². The summed E-state index contributed by atoms with van der Waals surface area (Å²) in [5.74, 6) is -1.63. The predicted molar refractivity (Wildman–Crippen MR) is 144 cm³/mol. The van der Waals surface area contributed by atoms with Crippen molar-refractivity contribution >= 4 is 70.1 Å². The smallest absolute Gasteiger partial charge is 0.329 e. The van der Waals surface area contributed by atoms with Crippen LogP contribution in [0.5, 0.6) is 11.5 Å². The Balaban J connectivity index is 1.56. The minimum absolute atomic E-state index is 0.300. The molecule has 0 unspecified atom stereocenters. The van der Waals surface area contributed by atoms with E-state index in [4.69, 9.17) is 44.3 Å². The van der Waals surface area contributed by atoms with E-state index >= 15 is 0 Å². The number of hydrogen-bond acceptors (Lipinski definition) is 6. The van der Waals surface area contributed by atoms with Crippen LogP contribution in [-0.2, 0) is 14.4 Å². The average molecular weight is 564 g/mol. The number of halogens is 3. The SMILES string of the molecule is CCOc1cc(/C=N\NC(=O)C(=O)Nc2cccc(Cl)c2)ccc1OCC(=O)Nc1ccc(Cl)cc1Cl. The van der Waals surface area contributed by atoms with Crippen LogP contribution in [0.4, 0.5) is 11.4 Å². The summed E-state index contributed by atoms with van der Waals surface area (Å²) in [4.78, 5) is 36.3. The third-order valence-corrected chi connectivity index (χ3v) is 5.28. The second-order valence-corrected chi connectivity index (χ2v) is 8.54. The Labute approximate surface area is 227 Å². The molecule has 3 amide bonds. The van der Waals surface area contributed by atoms with Gasteiger partial charge in [-0.1, -0.05) is 40.9 Å². The normalized spacial score (nSPS) is 10.6. The molecule has 0 spiro atoms. The van der Waals surface area contributed by atoms with Gasteiger partial charge in [0, 0.05) is 15.7 Å². The second-order valence-electron chi connectivity index (χ2n) is 7.26. The Bertz CT molecular complexity index is 1330. The number of nitrogens with one attached hydrogen (secondary N) is 3. The van der Waals surface area contributed by atoms with Crippen LogP contribution in [0, 0.1) is 0 Å². The highest BCUT2D eigenvalue weighted by molar-refractivity contribution is 6.40. The van der Waals surface area contributed by atoms with E-state index in [0.717, 1.165) is 0 Å². The second kappa shape index (κ2) is 13.5. The van der Waals surface area contributed by atoms with Gasteiger partial charge in [0.1, 0.15) is 0 Å². The Morgan fingerprint density at radius 2 is 1.65 bits per heavy atom. The summed E-state index contributed by atoms with van der Waals surface area (Å²) < 4.78 is 11.2. The minimum Gasteiger partial charge on any atom is -0.490 e. The van der Waals surface area contributed by atoms with Crippen molar-refractivity contribution in [1.29, 1.82) is 0 Å². The average Bonchev–Trinajstić information content (AvgIpc) is 2.85. The lowest BCUT2D eigenvalue weighted by molar-refractivity contribution is -0.136. The number of anilines is 2. The van der Waals surface area contributed by atoms with Gasteiger partial charge >= 0.3 is 11.8 Å². The molecule has 0 bridgehead atoms. The van der Waals surface area contributed by atoms with Crippen LogP contribution in [0.1, 0.15) is 12.5 Å². The van der Waals surface area contributed by atoms with Crippen LogP contribution in [0.2, 0.25) is 15.1 Å². The number of carbonyl (C=O) groups is 3. The molecule has 9 nitrogen and oxygen atoms in total. The van der Waals surface area contributed by atoms with Crippen LogP contribution in [0.25, 0.3) is 0 Å². The van der Waals surface area contributed by atoms with Crippen LogP contribution < -0.4 is 25.5 Å². The van der Waals surface area contributed by atoms with Crippen LogP contribution in [0.15, 0.2) is 65.8 Å². The highest BCUT2D eigenvalue weighted by Gasteiger charge is 2.14. The van der Waals surface area contributed by atoms with Crippen LogP contribution in [-0.4, -0.2) is 37.1 Å². The van der Waals surface area contributed by atoms with Crippen molar-refractivity contribution in [2.45, 2.75) is 6.92 Å². The zero-order valence-corrected chi connectivity index (χ0v) is 21.7. The molecule has 0 fully saturated rings. The zero-order valence-electron chi connectivity index (χ0n) is 19.4. The van der Waals surface area contributed by atoms with E-state index < -0.39 is 17.7 Å². The van der Waals surface area contributed by atoms with E-state index in [2.05, 4.69) is 21.2 Å². The number of rotatable bonds is 9. The number of amides is 3. The van der Waals surface area contributed by atoms with Crippen LogP contribution >= 0.6 is 34.8 Å². The first-order chi connectivity index (χ1) is 17.7. The van der Waals surface area contributed by atoms with Gasteiger partial charge in [-0.2, -0.15) is 5.10 Å². The van der Waals surface area contributed by atoms with Gasteiger partial charge in [0.05, 0.1) is 23.5 Å². The highest BCUT2D eigenvalue weighted by atomic mass is 35.5. The van der Waals surface area contributed by atoms with E-state index in [0.29, 0.717) is 50.1 Å². The van der Waals surface area contributed by atoms with Crippen molar-refractivity contribution in [1.82, 2.24) is 5.43 Å². The fourth-order valence-electron chi connectivity index (χ4n) is 2.88. The van der Waals surface area contributed by atoms with Gasteiger partial charge in [0.25, 0.3) is 5.91 Å². The van der Waals surface area contributed by atoms with Crippen molar-refractivity contribution < 1.29 is 23.9 Å². The van der Waals surface area contributed by atoms with E-state index in [1.165, 1.54) is 18.3 Å². The molecule has 0 saturated heterocycles. The standard InChI is InChI=1S/C25H21Cl3N4O5/c1-2-36-22-10-15(13-29-32-25(35)24(34)30-18-5-3-4-16(26)11-18)6-9-21(22)37-14-23(33)31-20-8-7-17(27)12-19(20)28/h3-13H,2,14H2,1H3,(H,30,34)(H,31,33)(H,32,35)/b29-13-. The van der Waals surface area contributed by atoms with Crippen molar-refractivity contribution in [2.24, 2.45) is 5.10 Å². The Morgan fingerprint density at radius 1 is 0.865 bits per heavy atom. The van der Waals surface area contributed by atoms with Crippen molar-refractivity contribution in [3.63, 3.8) is 0 Å². The predicted octanol–water partition coefficient (Wildman–Crippen LogP) is 5.15. The molecule has 0 aromatic heterocycles. The molecular weight excluding hydrogens is 543 g/mol. The number of hydrazone groups is 1. The molecule has 192 valence electrons. The Hall–Kier alpha value is -3.79. The molecule has 0 aliphatic heterocycles. The van der Waals surface area contributed by atoms with Gasteiger partial charge in [-0.05, 0) is 67.1 Å². The molecule has 3 aromatic carbocycles. The lowest BCUT2D eigenvalue weighted by Gasteiger charge is -2.13. The largest absolute Gasteiger partial charge is 0.490 e. The maximum Gasteiger partial charge on any atom is 0.329 e. The number of hydrogen-bond donors (Lipinski definition) is 3. The van der Waals surface area contributed by atoms with Gasteiger partial charge < -0.3 is 20.1 Å². The van der Waals surface area contributed by atoms with Gasteiger partial charge in [-0.15, -0.1) is 0 Å². The summed E-state index contributed by atoms with van der Waals surface area (Å²) in [5, 5.41) is 10.0. The molecule has 37 heavy (non-hydrogen) atoms. The molecule has 0 heterocycles. The van der Waals surface area contributed by atoms with Crippen molar-refractivity contribution in [3.8, 4) is 11.5 Å². The fraction of sp³-hybridized carbons (Fsp3) is 0.120. The van der Waals surface area contributed by atoms with Crippen molar-refractivity contribution in [3.05, 3.63) is 81.3 Å². The fourth-order valence-corrected chi connectivity index (χ4v) is 3.53. The first kappa shape index (κ1) is 27.8. The highest BCUT2D eigenvalue weighted by Crippen LogP contribution is 2.29. The van der Waals surface area contributed by atoms with E-state index in [9.17, 15) is 14.4 Å². The molecule has 3 rings (SSSR count). The lowest BCUT2D eigenvalue weighted by Crippen LogP contribution is -2.32. The monoisotopic (exact) mass is 562 g/mol. The Morgan fingerprint density at radius 3 is 2.38 bits per heavy atom. The molecule has 0 aliphatic carbocycles. The molecule has 3 aromatic rings. The summed E-state index contributed by atoms with van der Waals surface area (Å²) >= 11 is 17.8. The summed E-state index contributed by atoms with van der Waals surface area (Å²) in [7, 11) is 0. The first-order valence-electron chi connectivity index (χ1n) is 10.8. The molecule has 0 aliphatic rings. The molecule has 0 saturated carbocycles. The molecule has 0 radical (unpaired) electrons. The molecule has 0 atom stereocenters. The summed E-state index contributed by atoms with van der Waals surface area (Å²) in [5.41, 5.74) is 3.47. The zero-order chi connectivity index (χ0) is 26.8. The van der Waals surface area contributed by atoms with Gasteiger partial charge in [0.2, 0.25) is 0 Å². The minimum atomic E-state index is -0.965. The summed E-state index contributed by atoms with van der Waals surface area (Å²) in [6.07, 6.45) is 1.33. The lowest BCUT2D eigenvalue weighted by atomic mass is 10.2. The maximum atomic E-state index is 12.3. The number of ether oxygens (including phenoxy) is 2. The summed E-state index contributed by atoms with van der Waals surface area (Å²) in [6, 6.07) is 15.9. The third-order valence-electron chi connectivity index (χ3n) is 4.50. The van der Waals surface area contributed by atoms with Crippen molar-refractivity contribution in [2.75, 3.05) is 23.8 Å². The summed E-state index contributed by atoms with van der Waals surface area (Å²) in [6.45, 7) is 1.83. The molecule has 12 heteroatoms. The Kier molecular flexibility index (Phi) is 10.1. The quantitative estimate of drug-likeness (QED) is 0.189. The topological polar surface area (TPSA) is 118 Å². The van der Waals surface area contributed by atoms with Gasteiger partial charge in [-0.3, -0.25) is 14.4 Å². The number of benzene rings is 3. The van der Waals surface area contributed by atoms with Crippen LogP contribution in [0.3, 0.4) is 0 Å². The van der Waals surface area contributed by atoms with Gasteiger partial charge in [0.15, 0.2) is 18.1 Å². The first-order valence-corrected chi connectivity index (χ1v) is 11.9. The van der Waals surface area contributed by atoms with E-state index in [-0.39, 0.29) is 6.61 Å². The number of nitrogens with zero attached hydrogens (tertiary/aromatic N) is 1. The molecule has 3 N–H and O–H groups in total. The maximum absolute atomic E-state index is 12.3. The third kappa shape index (κ3) is 8.68. The van der Waals surface area contributed by atoms with E-state index in [1.807, 2.05) is 0 Å². The molecular formula is C25H21Cl3N4O5.